The molecule has 10 heteroatoms. The van der Waals surface area contributed by atoms with Crippen LogP contribution < -0.4 is 15.4 Å². The van der Waals surface area contributed by atoms with Crippen molar-refractivity contribution in [3.05, 3.63) is 54.1 Å². The number of hydrogen-bond donors (Lipinski definition) is 2. The van der Waals surface area contributed by atoms with Crippen LogP contribution in [0.5, 0.6) is 5.75 Å². The molecule has 1 saturated heterocycles. The van der Waals surface area contributed by atoms with Gasteiger partial charge in [-0.25, -0.2) is 8.42 Å². The fraction of sp³-hybridized carbons (Fsp3) is 0.364. The van der Waals surface area contributed by atoms with Gasteiger partial charge < -0.3 is 20.1 Å². The van der Waals surface area contributed by atoms with E-state index in [1.54, 1.807) is 48.5 Å². The fourth-order valence-electron chi connectivity index (χ4n) is 3.20. The summed E-state index contributed by atoms with van der Waals surface area (Å²) in [5, 5.41) is 5.11. The molecule has 1 aliphatic rings. The molecule has 2 N–H and O–H groups in total. The number of anilines is 1. The predicted octanol–water partition coefficient (Wildman–Crippen LogP) is 1.40. The number of rotatable bonds is 8. The Morgan fingerprint density at radius 3 is 2.41 bits per heavy atom. The molecular formula is C22H27N3O6S. The lowest BCUT2D eigenvalue weighted by molar-refractivity contribution is -0.136. The first-order valence-corrected chi connectivity index (χ1v) is 11.8. The van der Waals surface area contributed by atoms with Crippen LogP contribution in [0.2, 0.25) is 0 Å². The summed E-state index contributed by atoms with van der Waals surface area (Å²) in [5.74, 6) is -1.06. The van der Waals surface area contributed by atoms with E-state index in [9.17, 15) is 18.0 Å². The van der Waals surface area contributed by atoms with Crippen LogP contribution in [0.1, 0.15) is 12.5 Å². The lowest BCUT2D eigenvalue weighted by Crippen LogP contribution is -2.40. The summed E-state index contributed by atoms with van der Waals surface area (Å²) in [7, 11) is -3.54. The molecule has 2 aromatic rings. The molecule has 0 radical (unpaired) electrons. The Labute approximate surface area is 187 Å². The summed E-state index contributed by atoms with van der Waals surface area (Å²) < 4.78 is 37.3. The zero-order valence-electron chi connectivity index (χ0n) is 17.9. The summed E-state index contributed by atoms with van der Waals surface area (Å²) in [6.07, 6.45) is 0.451. The molecule has 32 heavy (non-hydrogen) atoms. The standard InChI is InChI=1S/C22H27N3O6S/c1-2-31-20-6-4-3-5-19(20)24-22(27)21(26)23-12-11-17-7-9-18(10-8-17)32(28,29)25-13-15-30-16-14-25/h3-10H,2,11-16H2,1H3,(H,23,26)(H,24,27). The van der Waals surface area contributed by atoms with E-state index in [0.717, 1.165) is 5.56 Å². The molecule has 0 saturated carbocycles. The third kappa shape index (κ3) is 6.06. The third-order valence-electron chi connectivity index (χ3n) is 4.87. The van der Waals surface area contributed by atoms with Gasteiger partial charge in [-0.3, -0.25) is 9.59 Å². The molecule has 0 aliphatic carbocycles. The van der Waals surface area contributed by atoms with Crippen LogP contribution in [-0.2, 0) is 30.8 Å². The number of nitrogens with one attached hydrogen (secondary N) is 2. The topological polar surface area (TPSA) is 114 Å². The van der Waals surface area contributed by atoms with Crippen LogP contribution in [0, 0.1) is 0 Å². The van der Waals surface area contributed by atoms with Gasteiger partial charge in [0.1, 0.15) is 5.75 Å². The molecule has 1 aliphatic heterocycles. The maximum atomic E-state index is 12.7. The summed E-state index contributed by atoms with van der Waals surface area (Å²) in [4.78, 5) is 24.5. The molecule has 1 heterocycles. The Hall–Kier alpha value is -2.95. The number of sulfonamides is 1. The second-order valence-electron chi connectivity index (χ2n) is 7.05. The van der Waals surface area contributed by atoms with E-state index < -0.39 is 21.8 Å². The molecule has 172 valence electrons. The minimum Gasteiger partial charge on any atom is -0.492 e. The zero-order valence-corrected chi connectivity index (χ0v) is 18.7. The van der Waals surface area contributed by atoms with Gasteiger partial charge in [-0.2, -0.15) is 4.31 Å². The molecular weight excluding hydrogens is 434 g/mol. The quantitative estimate of drug-likeness (QED) is 0.575. The van der Waals surface area contributed by atoms with Gasteiger partial charge in [0.2, 0.25) is 10.0 Å². The van der Waals surface area contributed by atoms with Crippen LogP contribution >= 0.6 is 0 Å². The van der Waals surface area contributed by atoms with E-state index in [2.05, 4.69) is 10.6 Å². The van der Waals surface area contributed by atoms with Crippen molar-refractivity contribution in [3.63, 3.8) is 0 Å². The first-order valence-electron chi connectivity index (χ1n) is 10.4. The van der Waals surface area contributed by atoms with Gasteiger partial charge in [0.15, 0.2) is 0 Å². The Morgan fingerprint density at radius 2 is 1.72 bits per heavy atom. The number of morpholine rings is 1. The molecule has 0 unspecified atom stereocenters. The van der Waals surface area contributed by atoms with E-state index in [-0.39, 0.29) is 11.4 Å². The maximum absolute atomic E-state index is 12.7. The number of benzene rings is 2. The van der Waals surface area contributed by atoms with Gasteiger partial charge in [0.25, 0.3) is 0 Å². The van der Waals surface area contributed by atoms with Crippen LogP contribution in [0.15, 0.2) is 53.4 Å². The lowest BCUT2D eigenvalue weighted by Gasteiger charge is -2.26. The van der Waals surface area contributed by atoms with Gasteiger partial charge in [0, 0.05) is 19.6 Å². The molecule has 0 atom stereocenters. The van der Waals surface area contributed by atoms with Crippen LogP contribution in [-0.4, -0.2) is 64.0 Å². The number of para-hydroxylation sites is 2. The number of hydrogen-bond acceptors (Lipinski definition) is 6. The first-order chi connectivity index (χ1) is 15.4. The first kappa shape index (κ1) is 23.7. The minimum atomic E-state index is -3.54. The van der Waals surface area contributed by atoms with Gasteiger partial charge in [0.05, 0.1) is 30.4 Å². The second-order valence-corrected chi connectivity index (χ2v) is 8.99. The van der Waals surface area contributed by atoms with Crippen LogP contribution in [0.3, 0.4) is 0 Å². The normalized spacial score (nSPS) is 14.5. The van der Waals surface area contributed by atoms with Crippen molar-refractivity contribution in [2.75, 3.05) is 44.8 Å². The van der Waals surface area contributed by atoms with E-state index >= 15 is 0 Å². The van der Waals surface area contributed by atoms with Crippen molar-refractivity contribution >= 4 is 27.5 Å². The highest BCUT2D eigenvalue weighted by Crippen LogP contribution is 2.23. The number of nitrogens with zero attached hydrogens (tertiary/aromatic N) is 1. The second kappa shape index (κ2) is 11.1. The van der Waals surface area contributed by atoms with E-state index in [1.807, 2.05) is 6.92 Å². The zero-order chi connectivity index (χ0) is 23.0. The minimum absolute atomic E-state index is 0.222. The summed E-state index contributed by atoms with van der Waals surface area (Å²) >= 11 is 0. The van der Waals surface area contributed by atoms with Crippen LogP contribution in [0.4, 0.5) is 5.69 Å². The number of ether oxygens (including phenoxy) is 2. The van der Waals surface area contributed by atoms with Gasteiger partial charge in [-0.15, -0.1) is 0 Å². The highest BCUT2D eigenvalue weighted by molar-refractivity contribution is 7.89. The van der Waals surface area contributed by atoms with Crippen molar-refractivity contribution in [1.29, 1.82) is 0 Å². The molecule has 0 bridgehead atoms. The Bertz CT molecular complexity index is 1030. The number of carbonyl (C=O) groups excluding carboxylic acids is 2. The van der Waals surface area contributed by atoms with Gasteiger partial charge in [-0.05, 0) is 43.2 Å². The van der Waals surface area contributed by atoms with Crippen molar-refractivity contribution in [2.24, 2.45) is 0 Å². The molecule has 1 fully saturated rings. The molecule has 2 amide bonds. The van der Waals surface area contributed by atoms with E-state index in [0.29, 0.717) is 50.8 Å². The Kier molecular flexibility index (Phi) is 8.20. The smallest absolute Gasteiger partial charge is 0.313 e. The fourth-order valence-corrected chi connectivity index (χ4v) is 4.60. The van der Waals surface area contributed by atoms with Crippen molar-refractivity contribution in [2.45, 2.75) is 18.2 Å². The number of amides is 2. The van der Waals surface area contributed by atoms with Gasteiger partial charge in [-0.1, -0.05) is 24.3 Å². The van der Waals surface area contributed by atoms with Crippen molar-refractivity contribution in [1.82, 2.24) is 9.62 Å². The average molecular weight is 462 g/mol. The monoisotopic (exact) mass is 461 g/mol. The molecule has 0 spiro atoms. The Morgan fingerprint density at radius 1 is 1.03 bits per heavy atom. The Balaban J connectivity index is 1.50. The van der Waals surface area contributed by atoms with E-state index in [4.69, 9.17) is 9.47 Å². The van der Waals surface area contributed by atoms with Crippen molar-refractivity contribution in [3.8, 4) is 5.75 Å². The summed E-state index contributed by atoms with van der Waals surface area (Å²) in [5.41, 5.74) is 1.26. The largest absolute Gasteiger partial charge is 0.492 e. The number of carbonyl (C=O) groups is 2. The average Bonchev–Trinajstić information content (AvgIpc) is 2.81. The highest BCUT2D eigenvalue weighted by Gasteiger charge is 2.26. The van der Waals surface area contributed by atoms with Gasteiger partial charge >= 0.3 is 11.8 Å². The molecule has 9 nitrogen and oxygen atoms in total. The molecule has 3 rings (SSSR count). The third-order valence-corrected chi connectivity index (χ3v) is 6.78. The SMILES string of the molecule is CCOc1ccccc1NC(=O)C(=O)NCCc1ccc(S(=O)(=O)N2CCOCC2)cc1. The summed E-state index contributed by atoms with van der Waals surface area (Å²) in [6, 6.07) is 13.4. The lowest BCUT2D eigenvalue weighted by atomic mass is 10.1. The predicted molar refractivity (Wildman–Crippen MR) is 119 cm³/mol. The summed E-state index contributed by atoms with van der Waals surface area (Å²) in [6.45, 7) is 3.96. The van der Waals surface area contributed by atoms with Crippen LogP contribution in [0.25, 0.3) is 0 Å². The molecule has 0 aromatic heterocycles. The van der Waals surface area contributed by atoms with Crippen molar-refractivity contribution < 1.29 is 27.5 Å². The highest BCUT2D eigenvalue weighted by atomic mass is 32.2. The van der Waals surface area contributed by atoms with E-state index in [1.165, 1.54) is 4.31 Å². The molecule has 2 aromatic carbocycles. The maximum Gasteiger partial charge on any atom is 0.313 e.